The van der Waals surface area contributed by atoms with Gasteiger partial charge in [0.15, 0.2) is 11.5 Å². The first-order valence-electron chi connectivity index (χ1n) is 6.19. The lowest BCUT2D eigenvalue weighted by atomic mass is 10.2. The quantitative estimate of drug-likeness (QED) is 0.797. The predicted octanol–water partition coefficient (Wildman–Crippen LogP) is 0.409. The number of aromatic nitrogens is 2. The van der Waals surface area contributed by atoms with Crippen LogP contribution in [-0.4, -0.2) is 39.5 Å². The van der Waals surface area contributed by atoms with E-state index in [0.29, 0.717) is 0 Å². The Bertz CT molecular complexity index is 486. The first kappa shape index (κ1) is 13.3. The molecule has 1 aliphatic rings. The number of hydrogen-bond donors (Lipinski definition) is 2. The summed E-state index contributed by atoms with van der Waals surface area (Å²) in [6.45, 7) is -0.205. The monoisotopic (exact) mass is 264 g/mol. The molecule has 7 nitrogen and oxygen atoms in total. The number of primary amides is 1. The number of carboxylic acids is 1. The number of carbonyl (C=O) groups excluding carboxylic acids is 1. The fraction of sp³-hybridized carbons (Fsp3) is 0.500. The van der Waals surface area contributed by atoms with Crippen LogP contribution in [0.3, 0.4) is 0 Å². The van der Waals surface area contributed by atoms with E-state index in [1.165, 1.54) is 12.4 Å². The van der Waals surface area contributed by atoms with E-state index in [2.05, 4.69) is 9.97 Å². The summed E-state index contributed by atoms with van der Waals surface area (Å²) in [7, 11) is 0. The van der Waals surface area contributed by atoms with E-state index < -0.39 is 11.9 Å². The fourth-order valence-corrected chi connectivity index (χ4v) is 2.45. The minimum atomic E-state index is -0.965. The topological polar surface area (TPSA) is 109 Å². The van der Waals surface area contributed by atoms with Gasteiger partial charge in [0, 0.05) is 18.4 Å². The van der Waals surface area contributed by atoms with Gasteiger partial charge >= 0.3 is 5.97 Å². The van der Waals surface area contributed by atoms with Crippen molar-refractivity contribution in [3.8, 4) is 0 Å². The standard InChI is InChI=1S/C12H16N4O3/c13-11(19)10-12(15-6-5-14-10)16(7-9(17)18)8-3-1-2-4-8/h5-6,8H,1-4,7H2,(H2,13,19)(H,17,18). The van der Waals surface area contributed by atoms with Crippen LogP contribution in [0.15, 0.2) is 12.4 Å². The van der Waals surface area contributed by atoms with Crippen molar-refractivity contribution in [3.63, 3.8) is 0 Å². The molecule has 102 valence electrons. The van der Waals surface area contributed by atoms with E-state index in [1.54, 1.807) is 4.90 Å². The lowest BCUT2D eigenvalue weighted by Gasteiger charge is -2.29. The molecule has 0 spiro atoms. The van der Waals surface area contributed by atoms with Crippen LogP contribution in [0.4, 0.5) is 5.82 Å². The molecule has 0 unspecified atom stereocenters. The molecular weight excluding hydrogens is 248 g/mol. The molecule has 2 rings (SSSR count). The lowest BCUT2D eigenvalue weighted by Crippen LogP contribution is -2.39. The highest BCUT2D eigenvalue weighted by atomic mass is 16.4. The average molecular weight is 264 g/mol. The molecule has 1 fully saturated rings. The van der Waals surface area contributed by atoms with Gasteiger partial charge in [-0.05, 0) is 12.8 Å². The zero-order chi connectivity index (χ0) is 13.8. The van der Waals surface area contributed by atoms with Crippen LogP contribution in [0.1, 0.15) is 36.2 Å². The van der Waals surface area contributed by atoms with E-state index in [9.17, 15) is 9.59 Å². The number of anilines is 1. The average Bonchev–Trinajstić information content (AvgIpc) is 2.89. The molecule has 19 heavy (non-hydrogen) atoms. The second-order valence-electron chi connectivity index (χ2n) is 4.55. The molecule has 1 amide bonds. The van der Waals surface area contributed by atoms with Crippen molar-refractivity contribution in [2.24, 2.45) is 5.73 Å². The van der Waals surface area contributed by atoms with E-state index >= 15 is 0 Å². The Morgan fingerprint density at radius 2 is 1.95 bits per heavy atom. The van der Waals surface area contributed by atoms with Crippen LogP contribution in [0.25, 0.3) is 0 Å². The number of hydrogen-bond acceptors (Lipinski definition) is 5. The largest absolute Gasteiger partial charge is 0.480 e. The van der Waals surface area contributed by atoms with Crippen molar-refractivity contribution in [2.45, 2.75) is 31.7 Å². The van der Waals surface area contributed by atoms with Crippen LogP contribution in [0.5, 0.6) is 0 Å². The normalized spacial score (nSPS) is 15.4. The highest BCUT2D eigenvalue weighted by molar-refractivity contribution is 5.96. The van der Waals surface area contributed by atoms with Crippen LogP contribution >= 0.6 is 0 Å². The fourth-order valence-electron chi connectivity index (χ4n) is 2.45. The van der Waals surface area contributed by atoms with E-state index in [-0.39, 0.29) is 24.1 Å². The number of carboxylic acid groups (broad SMARTS) is 1. The summed E-state index contributed by atoms with van der Waals surface area (Å²) in [6.07, 6.45) is 6.69. The van der Waals surface area contributed by atoms with Crippen molar-refractivity contribution < 1.29 is 14.7 Å². The van der Waals surface area contributed by atoms with Gasteiger partial charge in [-0.15, -0.1) is 0 Å². The minimum absolute atomic E-state index is 0.0237. The maximum Gasteiger partial charge on any atom is 0.323 e. The van der Waals surface area contributed by atoms with Gasteiger partial charge in [-0.2, -0.15) is 0 Å². The van der Waals surface area contributed by atoms with Crippen LogP contribution < -0.4 is 10.6 Å². The number of aliphatic carboxylic acids is 1. The minimum Gasteiger partial charge on any atom is -0.480 e. The van der Waals surface area contributed by atoms with Crippen molar-refractivity contribution in [2.75, 3.05) is 11.4 Å². The number of rotatable bonds is 5. The van der Waals surface area contributed by atoms with Gasteiger partial charge in [0.05, 0.1) is 0 Å². The SMILES string of the molecule is NC(=O)c1nccnc1N(CC(=O)O)C1CCCC1. The molecule has 0 saturated heterocycles. The molecule has 0 bridgehead atoms. The summed E-state index contributed by atoms with van der Waals surface area (Å²) in [5.41, 5.74) is 5.29. The second kappa shape index (κ2) is 5.64. The second-order valence-corrected chi connectivity index (χ2v) is 4.55. The first-order chi connectivity index (χ1) is 9.09. The highest BCUT2D eigenvalue weighted by Gasteiger charge is 2.28. The molecule has 1 saturated carbocycles. The molecule has 0 radical (unpaired) electrons. The molecule has 0 atom stereocenters. The van der Waals surface area contributed by atoms with Crippen molar-refractivity contribution >= 4 is 17.7 Å². The predicted molar refractivity (Wildman–Crippen MR) is 67.8 cm³/mol. The molecule has 0 aromatic carbocycles. The van der Waals surface area contributed by atoms with Gasteiger partial charge in [0.2, 0.25) is 0 Å². The Morgan fingerprint density at radius 1 is 1.32 bits per heavy atom. The summed E-state index contributed by atoms with van der Waals surface area (Å²) in [4.78, 5) is 32.0. The van der Waals surface area contributed by atoms with Gasteiger partial charge in [-0.25, -0.2) is 9.97 Å². The zero-order valence-electron chi connectivity index (χ0n) is 10.5. The summed E-state index contributed by atoms with van der Waals surface area (Å²) in [5, 5.41) is 9.03. The highest BCUT2D eigenvalue weighted by Crippen LogP contribution is 2.28. The summed E-state index contributed by atoms with van der Waals surface area (Å²) in [6, 6.07) is 0.0749. The lowest BCUT2D eigenvalue weighted by molar-refractivity contribution is -0.135. The van der Waals surface area contributed by atoms with Gasteiger partial charge in [0.25, 0.3) is 5.91 Å². The molecule has 7 heteroatoms. The van der Waals surface area contributed by atoms with Crippen molar-refractivity contribution in [1.82, 2.24) is 9.97 Å². The number of nitrogens with two attached hydrogens (primary N) is 1. The molecule has 0 aliphatic heterocycles. The summed E-state index contributed by atoms with van der Waals surface area (Å²) < 4.78 is 0. The van der Waals surface area contributed by atoms with E-state index in [0.717, 1.165) is 25.7 Å². The number of carbonyl (C=O) groups is 2. The smallest absolute Gasteiger partial charge is 0.323 e. The van der Waals surface area contributed by atoms with E-state index in [1.807, 2.05) is 0 Å². The van der Waals surface area contributed by atoms with Gasteiger partial charge < -0.3 is 15.7 Å². The number of amides is 1. The Kier molecular flexibility index (Phi) is 3.94. The van der Waals surface area contributed by atoms with Gasteiger partial charge in [0.1, 0.15) is 6.54 Å². The van der Waals surface area contributed by atoms with Crippen LogP contribution in [0, 0.1) is 0 Å². The maximum absolute atomic E-state index is 11.4. The van der Waals surface area contributed by atoms with Crippen LogP contribution in [0.2, 0.25) is 0 Å². The Labute approximate surface area is 110 Å². The third-order valence-electron chi connectivity index (χ3n) is 3.26. The first-order valence-corrected chi connectivity index (χ1v) is 6.19. The zero-order valence-corrected chi connectivity index (χ0v) is 10.5. The van der Waals surface area contributed by atoms with Crippen LogP contribution in [-0.2, 0) is 4.79 Å². The Balaban J connectivity index is 2.36. The molecule has 3 N–H and O–H groups in total. The summed E-state index contributed by atoms with van der Waals surface area (Å²) >= 11 is 0. The third-order valence-corrected chi connectivity index (χ3v) is 3.26. The van der Waals surface area contributed by atoms with E-state index in [4.69, 9.17) is 10.8 Å². The van der Waals surface area contributed by atoms with Gasteiger partial charge in [-0.3, -0.25) is 9.59 Å². The Morgan fingerprint density at radius 3 is 2.53 bits per heavy atom. The molecule has 1 heterocycles. The van der Waals surface area contributed by atoms with Crippen molar-refractivity contribution in [3.05, 3.63) is 18.1 Å². The molecular formula is C12H16N4O3. The summed E-state index contributed by atoms with van der Waals surface area (Å²) in [5.74, 6) is -1.39. The molecule has 1 aromatic heterocycles. The van der Waals surface area contributed by atoms with Crippen molar-refractivity contribution in [1.29, 1.82) is 0 Å². The van der Waals surface area contributed by atoms with Gasteiger partial charge in [-0.1, -0.05) is 12.8 Å². The maximum atomic E-state index is 11.4. The molecule has 1 aliphatic carbocycles. The number of nitrogens with zero attached hydrogens (tertiary/aromatic N) is 3. The third kappa shape index (κ3) is 2.98. The Hall–Kier alpha value is -2.18. The molecule has 1 aromatic rings.